The van der Waals surface area contributed by atoms with Crippen molar-refractivity contribution in [2.45, 2.75) is 12.6 Å². The number of morpholine rings is 1. The highest BCUT2D eigenvalue weighted by Crippen LogP contribution is 2.25. The molecule has 1 fully saturated rings. The SMILES string of the molecule is Cn1cc([C@H]2CN(Cc3ccc(-c4ccccc4)o3)CCO2)cn1. The zero-order valence-corrected chi connectivity index (χ0v) is 13.8. The maximum atomic E-state index is 6.02. The predicted molar refractivity (Wildman–Crippen MR) is 91.3 cm³/mol. The summed E-state index contributed by atoms with van der Waals surface area (Å²) < 4.78 is 13.7. The molecular formula is C19H21N3O2. The van der Waals surface area contributed by atoms with Gasteiger partial charge in [0.1, 0.15) is 11.5 Å². The van der Waals surface area contributed by atoms with E-state index in [1.54, 1.807) is 0 Å². The third kappa shape index (κ3) is 3.27. The Labute approximate surface area is 141 Å². The quantitative estimate of drug-likeness (QED) is 0.739. The fourth-order valence-electron chi connectivity index (χ4n) is 3.10. The Hall–Kier alpha value is -2.37. The molecular weight excluding hydrogens is 302 g/mol. The summed E-state index contributed by atoms with van der Waals surface area (Å²) in [6.07, 6.45) is 3.99. The molecule has 0 bridgehead atoms. The van der Waals surface area contributed by atoms with Crippen molar-refractivity contribution in [3.63, 3.8) is 0 Å². The average molecular weight is 323 g/mol. The molecule has 0 radical (unpaired) electrons. The highest BCUT2D eigenvalue weighted by atomic mass is 16.5. The Kier molecular flexibility index (Phi) is 4.19. The van der Waals surface area contributed by atoms with E-state index in [2.05, 4.69) is 28.2 Å². The molecule has 1 aliphatic heterocycles. The molecule has 0 aliphatic carbocycles. The van der Waals surface area contributed by atoms with Crippen molar-refractivity contribution in [3.05, 3.63) is 66.2 Å². The summed E-state index contributed by atoms with van der Waals surface area (Å²) >= 11 is 0. The molecule has 1 saturated heterocycles. The summed E-state index contributed by atoms with van der Waals surface area (Å²) in [6.45, 7) is 3.30. The maximum absolute atomic E-state index is 6.02. The topological polar surface area (TPSA) is 43.4 Å². The molecule has 2 aromatic heterocycles. The highest BCUT2D eigenvalue weighted by molar-refractivity contribution is 5.57. The van der Waals surface area contributed by atoms with Gasteiger partial charge in [-0.05, 0) is 12.1 Å². The minimum Gasteiger partial charge on any atom is -0.460 e. The molecule has 1 atom stereocenters. The second-order valence-electron chi connectivity index (χ2n) is 6.17. The van der Waals surface area contributed by atoms with E-state index in [0.717, 1.165) is 48.9 Å². The normalized spacial score (nSPS) is 18.8. The van der Waals surface area contributed by atoms with Gasteiger partial charge < -0.3 is 9.15 Å². The van der Waals surface area contributed by atoms with E-state index in [-0.39, 0.29) is 6.10 Å². The van der Waals surface area contributed by atoms with Crippen LogP contribution >= 0.6 is 0 Å². The van der Waals surface area contributed by atoms with E-state index in [0.29, 0.717) is 0 Å². The monoisotopic (exact) mass is 323 g/mol. The van der Waals surface area contributed by atoms with Gasteiger partial charge in [-0.15, -0.1) is 0 Å². The maximum Gasteiger partial charge on any atom is 0.134 e. The van der Waals surface area contributed by atoms with Crippen molar-refractivity contribution in [3.8, 4) is 11.3 Å². The zero-order chi connectivity index (χ0) is 16.4. The first kappa shape index (κ1) is 15.2. The molecule has 3 aromatic rings. The molecule has 124 valence electrons. The van der Waals surface area contributed by atoms with Crippen LogP contribution in [0.1, 0.15) is 17.4 Å². The molecule has 0 amide bonds. The van der Waals surface area contributed by atoms with Crippen LogP contribution in [0, 0.1) is 0 Å². The predicted octanol–water partition coefficient (Wildman–Crippen LogP) is 3.25. The molecule has 0 unspecified atom stereocenters. The van der Waals surface area contributed by atoms with Crippen LogP contribution in [-0.2, 0) is 18.3 Å². The van der Waals surface area contributed by atoms with Crippen LogP contribution in [0.25, 0.3) is 11.3 Å². The van der Waals surface area contributed by atoms with Gasteiger partial charge in [0.25, 0.3) is 0 Å². The molecule has 0 spiro atoms. The van der Waals surface area contributed by atoms with E-state index < -0.39 is 0 Å². The summed E-state index contributed by atoms with van der Waals surface area (Å²) in [5.41, 5.74) is 2.24. The molecule has 24 heavy (non-hydrogen) atoms. The lowest BCUT2D eigenvalue weighted by molar-refractivity contribution is -0.0346. The van der Waals surface area contributed by atoms with E-state index in [4.69, 9.17) is 9.15 Å². The second kappa shape index (κ2) is 6.63. The number of hydrogen-bond donors (Lipinski definition) is 0. The first-order chi connectivity index (χ1) is 11.8. The number of benzene rings is 1. The van der Waals surface area contributed by atoms with Gasteiger partial charge in [-0.25, -0.2) is 0 Å². The van der Waals surface area contributed by atoms with Crippen molar-refractivity contribution >= 4 is 0 Å². The molecule has 4 rings (SSSR count). The van der Waals surface area contributed by atoms with E-state index in [9.17, 15) is 0 Å². The van der Waals surface area contributed by atoms with Crippen LogP contribution < -0.4 is 0 Å². The van der Waals surface area contributed by atoms with Crippen LogP contribution in [0.5, 0.6) is 0 Å². The van der Waals surface area contributed by atoms with Gasteiger partial charge in [0.15, 0.2) is 0 Å². The lowest BCUT2D eigenvalue weighted by atomic mass is 10.1. The van der Waals surface area contributed by atoms with Gasteiger partial charge in [-0.1, -0.05) is 30.3 Å². The van der Waals surface area contributed by atoms with Crippen LogP contribution in [0.4, 0.5) is 0 Å². The number of rotatable bonds is 4. The summed E-state index contributed by atoms with van der Waals surface area (Å²) in [7, 11) is 1.93. The highest BCUT2D eigenvalue weighted by Gasteiger charge is 2.23. The van der Waals surface area contributed by atoms with Gasteiger partial charge in [0, 0.05) is 37.5 Å². The Balaban J connectivity index is 1.43. The first-order valence-corrected chi connectivity index (χ1v) is 8.24. The largest absolute Gasteiger partial charge is 0.460 e. The molecule has 1 aromatic carbocycles. The third-order valence-corrected chi connectivity index (χ3v) is 4.35. The minimum absolute atomic E-state index is 0.0796. The smallest absolute Gasteiger partial charge is 0.134 e. The fourth-order valence-corrected chi connectivity index (χ4v) is 3.10. The number of aryl methyl sites for hydroxylation is 1. The number of hydrogen-bond acceptors (Lipinski definition) is 4. The molecule has 3 heterocycles. The molecule has 0 N–H and O–H groups in total. The zero-order valence-electron chi connectivity index (χ0n) is 13.8. The molecule has 5 nitrogen and oxygen atoms in total. The van der Waals surface area contributed by atoms with Crippen molar-refractivity contribution in [1.82, 2.24) is 14.7 Å². The average Bonchev–Trinajstić information content (AvgIpc) is 3.25. The third-order valence-electron chi connectivity index (χ3n) is 4.35. The second-order valence-corrected chi connectivity index (χ2v) is 6.17. The van der Waals surface area contributed by atoms with Gasteiger partial charge >= 0.3 is 0 Å². The molecule has 1 aliphatic rings. The Morgan fingerprint density at radius 3 is 2.83 bits per heavy atom. The Morgan fingerprint density at radius 2 is 2.04 bits per heavy atom. The van der Waals surface area contributed by atoms with Gasteiger partial charge in [0.2, 0.25) is 0 Å². The summed E-state index contributed by atoms with van der Waals surface area (Å²) in [5, 5.41) is 4.24. The number of aromatic nitrogens is 2. The number of ether oxygens (including phenoxy) is 1. The van der Waals surface area contributed by atoms with Crippen molar-refractivity contribution in [2.24, 2.45) is 7.05 Å². The Bertz CT molecular complexity index is 794. The van der Waals surface area contributed by atoms with Crippen LogP contribution in [0.2, 0.25) is 0 Å². The summed E-state index contributed by atoms with van der Waals surface area (Å²) in [5.74, 6) is 1.91. The van der Waals surface area contributed by atoms with E-state index in [1.165, 1.54) is 0 Å². The van der Waals surface area contributed by atoms with E-state index >= 15 is 0 Å². The lowest BCUT2D eigenvalue weighted by Crippen LogP contribution is -2.37. The van der Waals surface area contributed by atoms with Crippen molar-refractivity contribution < 1.29 is 9.15 Å². The molecule has 5 heteroatoms. The minimum atomic E-state index is 0.0796. The lowest BCUT2D eigenvalue weighted by Gasteiger charge is -2.31. The Morgan fingerprint density at radius 1 is 1.17 bits per heavy atom. The van der Waals surface area contributed by atoms with Crippen molar-refractivity contribution in [2.75, 3.05) is 19.7 Å². The summed E-state index contributed by atoms with van der Waals surface area (Å²) in [6, 6.07) is 14.3. The summed E-state index contributed by atoms with van der Waals surface area (Å²) in [4.78, 5) is 2.37. The van der Waals surface area contributed by atoms with Crippen LogP contribution in [0.3, 0.4) is 0 Å². The standard InChI is InChI=1S/C19H21N3O2/c1-21-12-16(11-20-21)19-14-22(9-10-23-19)13-17-7-8-18(24-17)15-5-3-2-4-6-15/h2-8,11-12,19H,9-10,13-14H2,1H3/t19-/m1/s1. The van der Waals surface area contributed by atoms with Gasteiger partial charge in [-0.3, -0.25) is 9.58 Å². The van der Waals surface area contributed by atoms with Gasteiger partial charge in [0.05, 0.1) is 25.5 Å². The number of furan rings is 1. The fraction of sp³-hybridized carbons (Fsp3) is 0.316. The molecule has 0 saturated carbocycles. The number of nitrogens with zero attached hydrogens (tertiary/aromatic N) is 3. The first-order valence-electron chi connectivity index (χ1n) is 8.24. The van der Waals surface area contributed by atoms with E-state index in [1.807, 2.05) is 48.4 Å². The van der Waals surface area contributed by atoms with Gasteiger partial charge in [-0.2, -0.15) is 5.10 Å². The van der Waals surface area contributed by atoms with Crippen LogP contribution in [0.15, 0.2) is 59.3 Å². The van der Waals surface area contributed by atoms with Crippen molar-refractivity contribution in [1.29, 1.82) is 0 Å². The van der Waals surface area contributed by atoms with Crippen LogP contribution in [-0.4, -0.2) is 34.4 Å².